The number of anilines is 1. The number of rotatable bonds is 25. The van der Waals surface area contributed by atoms with Crippen molar-refractivity contribution in [3.05, 3.63) is 51.5 Å². The van der Waals surface area contributed by atoms with Crippen LogP contribution in [0.3, 0.4) is 0 Å². The summed E-state index contributed by atoms with van der Waals surface area (Å²) in [7, 11) is 4.58. The van der Waals surface area contributed by atoms with E-state index in [0.717, 1.165) is 18.4 Å². The molecule has 1 aromatic carbocycles. The molecule has 1 amide bonds. The third kappa shape index (κ3) is 16.0. The molecule has 428 valence electrons. The number of nitrogens with zero attached hydrogens (tertiary/aromatic N) is 2. The Bertz CT molecular complexity index is 2170. The van der Waals surface area contributed by atoms with Gasteiger partial charge >= 0.3 is 5.97 Å². The molecule has 0 bridgehead atoms. The van der Waals surface area contributed by atoms with Crippen LogP contribution in [0, 0.1) is 29.6 Å². The van der Waals surface area contributed by atoms with Gasteiger partial charge in [0.2, 0.25) is 5.79 Å². The highest BCUT2D eigenvalue weighted by atomic mass is 35.5. The molecular weight excluding hydrogens is 1020 g/mol. The van der Waals surface area contributed by atoms with Gasteiger partial charge in [-0.2, -0.15) is 0 Å². The lowest BCUT2D eigenvalue weighted by molar-refractivity contribution is -0.265. The Morgan fingerprint density at radius 3 is 2.24 bits per heavy atom. The topological polar surface area (TPSA) is 208 Å². The van der Waals surface area contributed by atoms with Crippen molar-refractivity contribution in [2.45, 2.75) is 218 Å². The smallest absolute Gasteiger partial charge is 0.329 e. The van der Waals surface area contributed by atoms with E-state index < -0.39 is 84.1 Å². The number of aliphatic hydroxyl groups excluding tert-OH is 2. The minimum absolute atomic E-state index is 0.00637. The number of likely N-dealkylation sites (tertiary alicyclic amines) is 1. The first-order chi connectivity index (χ1) is 36.0. The summed E-state index contributed by atoms with van der Waals surface area (Å²) < 4.78 is 29.4. The van der Waals surface area contributed by atoms with Gasteiger partial charge in [-0.3, -0.25) is 24.0 Å². The first-order valence-corrected chi connectivity index (χ1v) is 28.4. The summed E-state index contributed by atoms with van der Waals surface area (Å²) in [6.45, 7) is 14.7. The van der Waals surface area contributed by atoms with Crippen LogP contribution in [0.5, 0.6) is 0 Å². The van der Waals surface area contributed by atoms with Gasteiger partial charge in [-0.05, 0) is 145 Å². The average molecular weight is 1110 g/mol. The number of benzene rings is 1. The molecule has 3 aliphatic heterocycles. The molecule has 18 heteroatoms. The molecule has 4 aliphatic rings. The third-order valence-corrected chi connectivity index (χ3v) is 17.2. The summed E-state index contributed by atoms with van der Waals surface area (Å²) in [6, 6.07) is 3.91. The second-order valence-electron chi connectivity index (χ2n) is 22.4. The highest BCUT2D eigenvalue weighted by Gasteiger charge is 2.53. The summed E-state index contributed by atoms with van der Waals surface area (Å²) in [5.41, 5.74) is 1.99. The van der Waals surface area contributed by atoms with Crippen molar-refractivity contribution in [3.63, 3.8) is 0 Å². The van der Waals surface area contributed by atoms with E-state index >= 15 is 0 Å². The van der Waals surface area contributed by atoms with Crippen LogP contribution in [-0.2, 0) is 52.5 Å². The van der Waals surface area contributed by atoms with Crippen LogP contribution in [0.25, 0.3) is 0 Å². The quantitative estimate of drug-likeness (QED) is 0.0474. The molecule has 76 heavy (non-hydrogen) atoms. The number of ketones is 3. The molecule has 1 aliphatic carbocycles. The van der Waals surface area contributed by atoms with E-state index in [4.69, 9.17) is 51.7 Å². The molecule has 16 atom stereocenters. The Morgan fingerprint density at radius 2 is 1.61 bits per heavy atom. The van der Waals surface area contributed by atoms with Crippen LogP contribution in [0.1, 0.15) is 152 Å². The highest BCUT2D eigenvalue weighted by Crippen LogP contribution is 2.43. The molecule has 1 aromatic rings. The number of amides is 1. The van der Waals surface area contributed by atoms with E-state index in [1.54, 1.807) is 51.3 Å². The van der Waals surface area contributed by atoms with Gasteiger partial charge in [0, 0.05) is 52.6 Å². The molecule has 3 N–H and O–H groups in total. The lowest BCUT2D eigenvalue weighted by Gasteiger charge is -2.44. The molecule has 3 heterocycles. The fourth-order valence-electron chi connectivity index (χ4n) is 12.0. The number of piperidine rings is 1. The van der Waals surface area contributed by atoms with Gasteiger partial charge in [0.1, 0.15) is 41.9 Å². The number of aliphatic hydroxyl groups is 3. The molecule has 0 aromatic heterocycles. The van der Waals surface area contributed by atoms with Crippen LogP contribution in [-0.4, -0.2) is 144 Å². The van der Waals surface area contributed by atoms with Gasteiger partial charge < -0.3 is 43.9 Å². The Labute approximate surface area is 461 Å². The minimum Gasteiger partial charge on any atom is -0.460 e. The predicted molar refractivity (Wildman–Crippen MR) is 290 cm³/mol. The number of esters is 1. The van der Waals surface area contributed by atoms with Crippen molar-refractivity contribution < 1.29 is 67.8 Å². The number of hydrogen-bond donors (Lipinski definition) is 3. The molecule has 2 unspecified atom stereocenters. The zero-order valence-electron chi connectivity index (χ0n) is 46.8. The monoisotopic (exact) mass is 1110 g/mol. The van der Waals surface area contributed by atoms with Crippen LogP contribution >= 0.6 is 23.2 Å². The number of carbonyl (C=O) groups excluding carboxylic acids is 5. The SMILES string of the molecule is CC/C=C(\C)[C@@H](O)[C@@H](OC)C(=O)[C@H](C)C[C@H](C)C1CCC(/C=C(\C)[C@H](C[C@@H]2CC[C@@H](C)[C@](O)(C(=O)C(=O)N3CCCC[C@H]3C(=O)O[C@@H](CC(C)=O)[C@H](C)C[C@@H]3CC[C@@H](O)[C@H](OC)C3)O2)OC)ON1c1c(Cl)cccc1Cl. The number of para-hydroxylation sites is 1. The maximum absolute atomic E-state index is 14.3. The first kappa shape index (κ1) is 63.5. The van der Waals surface area contributed by atoms with Crippen molar-refractivity contribution >= 4 is 58.1 Å². The summed E-state index contributed by atoms with van der Waals surface area (Å²) in [5, 5.41) is 36.0. The van der Waals surface area contributed by atoms with Gasteiger partial charge in [0.05, 0.1) is 40.5 Å². The minimum atomic E-state index is -2.48. The number of carbonyl (C=O) groups is 5. The molecular formula is C58H88Cl2N2O14. The van der Waals surface area contributed by atoms with Crippen molar-refractivity contribution in [2.75, 3.05) is 32.9 Å². The number of hydrogen-bond acceptors (Lipinski definition) is 15. The van der Waals surface area contributed by atoms with Crippen LogP contribution < -0.4 is 5.06 Å². The number of hydroxylamine groups is 1. The van der Waals surface area contributed by atoms with E-state index in [9.17, 15) is 39.3 Å². The number of ether oxygens (including phenoxy) is 5. The highest BCUT2D eigenvalue weighted by molar-refractivity contribution is 6.39. The average Bonchev–Trinajstić information content (AvgIpc) is 3.39. The Hall–Kier alpha value is -3.29. The molecule has 4 fully saturated rings. The number of halogens is 2. The number of methoxy groups -OCH3 is 3. The van der Waals surface area contributed by atoms with Crippen molar-refractivity contribution in [3.8, 4) is 0 Å². The van der Waals surface area contributed by atoms with Gasteiger partial charge in [-0.15, -0.1) is 0 Å². The zero-order valence-corrected chi connectivity index (χ0v) is 48.4. The number of allylic oxidation sites excluding steroid dienone is 1. The van der Waals surface area contributed by atoms with E-state index in [-0.39, 0.29) is 67.3 Å². The van der Waals surface area contributed by atoms with Gasteiger partial charge in [-0.1, -0.05) is 76.0 Å². The lowest BCUT2D eigenvalue weighted by atomic mass is 9.79. The summed E-state index contributed by atoms with van der Waals surface area (Å²) in [5.74, 6) is -7.03. The maximum Gasteiger partial charge on any atom is 0.329 e. The predicted octanol–water partition coefficient (Wildman–Crippen LogP) is 9.12. The fraction of sp³-hybridized carbons (Fsp3) is 0.741. The Kier molecular flexibility index (Phi) is 24.5. The van der Waals surface area contributed by atoms with E-state index in [0.29, 0.717) is 85.5 Å². The van der Waals surface area contributed by atoms with Crippen LogP contribution in [0.2, 0.25) is 10.0 Å². The molecule has 3 saturated heterocycles. The second-order valence-corrected chi connectivity index (χ2v) is 23.2. The summed E-state index contributed by atoms with van der Waals surface area (Å²) in [4.78, 5) is 76.9. The van der Waals surface area contributed by atoms with Crippen molar-refractivity contribution in [2.24, 2.45) is 29.6 Å². The fourth-order valence-corrected chi connectivity index (χ4v) is 12.6. The summed E-state index contributed by atoms with van der Waals surface area (Å²) in [6.07, 6.45) is 6.04. The molecule has 0 radical (unpaired) electrons. The molecule has 16 nitrogen and oxygen atoms in total. The van der Waals surface area contributed by atoms with E-state index in [1.165, 1.54) is 18.9 Å². The maximum atomic E-state index is 14.3. The van der Waals surface area contributed by atoms with Gasteiger partial charge in [0.15, 0.2) is 5.78 Å². The lowest BCUT2D eigenvalue weighted by Crippen LogP contribution is -2.61. The van der Waals surface area contributed by atoms with E-state index in [1.807, 2.05) is 39.8 Å². The normalized spacial score (nSPS) is 29.6. The molecule has 1 saturated carbocycles. The summed E-state index contributed by atoms with van der Waals surface area (Å²) >= 11 is 13.7. The van der Waals surface area contributed by atoms with Crippen molar-refractivity contribution in [1.29, 1.82) is 0 Å². The van der Waals surface area contributed by atoms with Crippen molar-refractivity contribution in [1.82, 2.24) is 4.90 Å². The third-order valence-electron chi connectivity index (χ3n) is 16.6. The first-order valence-electron chi connectivity index (χ1n) is 27.7. The Morgan fingerprint density at radius 1 is 0.908 bits per heavy atom. The zero-order chi connectivity index (χ0) is 56.2. The van der Waals surface area contributed by atoms with Gasteiger partial charge in [0.25, 0.3) is 11.7 Å². The van der Waals surface area contributed by atoms with Crippen LogP contribution in [0.4, 0.5) is 5.69 Å². The van der Waals surface area contributed by atoms with E-state index in [2.05, 4.69) is 6.92 Å². The Balaban J connectivity index is 1.27. The molecule has 5 rings (SSSR count). The van der Waals surface area contributed by atoms with Crippen LogP contribution in [0.15, 0.2) is 41.5 Å². The largest absolute Gasteiger partial charge is 0.460 e. The molecule has 0 spiro atoms. The standard InChI is InChI=1S/C58H88Cl2N2O14/c1-12-16-33(2)52(65)54(73-11)53(66)37(6)27-34(3)45-24-23-42(76-62(45)51-43(59)17-15-18-44(51)60)29-36(5)48(71-9)32-41-22-20-38(7)58(70,75-41)55(67)56(68)61-26-14-13-19-46(61)57(69)74-49(30-39(8)63)35(4)28-40-21-25-47(64)50(31-40)72-10/h15-18,29,34-35,37-38,40-42,45-50,52,54,64-65,70H,12-14,19-28,30-32H2,1-11H3/b33-16+,36-29+/t34-,35+,37+,38+,40-,41-,42?,45?,46-,47+,48-,49-,50+,52+,54+,58+/m0/s1. The second kappa shape index (κ2) is 29.3. The van der Waals surface area contributed by atoms with Gasteiger partial charge in [-0.25, -0.2) is 9.86 Å². The number of Topliss-reactive ketones (excluding diaryl/α,β-unsaturated/α-hetero) is 3.